The third-order valence-electron chi connectivity index (χ3n) is 2.33. The summed E-state index contributed by atoms with van der Waals surface area (Å²) < 4.78 is 11.0. The number of hydrogen-bond donors (Lipinski definition) is 2. The zero-order valence-electron chi connectivity index (χ0n) is 10.2. The van der Waals surface area contributed by atoms with Crippen LogP contribution in [0.25, 0.3) is 0 Å². The molecule has 0 amide bonds. The summed E-state index contributed by atoms with van der Waals surface area (Å²) in [4.78, 5) is 8.00. The Morgan fingerprint density at radius 2 is 2.18 bits per heavy atom. The van der Waals surface area contributed by atoms with Gasteiger partial charge in [0.1, 0.15) is 0 Å². The second-order valence-electron chi connectivity index (χ2n) is 3.95. The molecule has 0 saturated heterocycles. The van der Waals surface area contributed by atoms with Gasteiger partial charge in [0.05, 0.1) is 11.4 Å². The fraction of sp³-hybridized carbons (Fsp3) is 0.600. The Hall–Kier alpha value is -0.880. The van der Waals surface area contributed by atoms with Crippen molar-refractivity contribution >= 4 is 33.9 Å². The van der Waals surface area contributed by atoms with Crippen molar-refractivity contribution in [2.24, 2.45) is 0 Å². The lowest BCUT2D eigenvalue weighted by Crippen LogP contribution is -2.20. The molecule has 0 bridgehead atoms. The Morgan fingerprint density at radius 3 is 2.76 bits per heavy atom. The van der Waals surface area contributed by atoms with Crippen LogP contribution in [-0.4, -0.2) is 32.2 Å². The first-order chi connectivity index (χ1) is 7.90. The number of nitrogens with two attached hydrogens (primary N) is 1. The number of aryl methyl sites for hydroxylation is 1. The molecular weight excluding hydrogens is 260 g/mol. The highest BCUT2D eigenvalue weighted by molar-refractivity contribution is 7.84. The number of nitrogens with one attached hydrogen (secondary N) is 1. The minimum Gasteiger partial charge on any atom is -0.394 e. The van der Waals surface area contributed by atoms with Crippen LogP contribution in [0.4, 0.5) is 11.5 Å². The molecule has 0 aromatic carbocycles. The third-order valence-corrected chi connectivity index (χ3v) is 3.31. The maximum Gasteiger partial charge on any atom is 0.224 e. The summed E-state index contributed by atoms with van der Waals surface area (Å²) >= 11 is 5.77. The minimum atomic E-state index is -0.788. The molecule has 0 aliphatic heterocycles. The molecule has 1 heterocycles. The Kier molecular flexibility index (Phi) is 5.14. The summed E-state index contributed by atoms with van der Waals surface area (Å²) in [6.45, 7) is 3.76. The lowest BCUT2D eigenvalue weighted by atomic mass is 10.2. The second kappa shape index (κ2) is 6.16. The van der Waals surface area contributed by atoms with Gasteiger partial charge in [-0.15, -0.1) is 0 Å². The van der Waals surface area contributed by atoms with E-state index in [0.29, 0.717) is 23.0 Å². The highest BCUT2D eigenvalue weighted by Gasteiger charge is 2.10. The van der Waals surface area contributed by atoms with Crippen LogP contribution in [0.3, 0.4) is 0 Å². The number of anilines is 2. The number of rotatable bonds is 5. The van der Waals surface area contributed by atoms with Crippen molar-refractivity contribution in [1.82, 2.24) is 9.97 Å². The molecule has 2 atom stereocenters. The van der Waals surface area contributed by atoms with Gasteiger partial charge in [-0.1, -0.05) is 0 Å². The molecule has 0 aliphatic rings. The highest BCUT2D eigenvalue weighted by atomic mass is 35.5. The Balaban J connectivity index is 2.71. The number of halogens is 1. The van der Waals surface area contributed by atoms with Gasteiger partial charge in [0.15, 0.2) is 5.82 Å². The van der Waals surface area contributed by atoms with E-state index in [9.17, 15) is 4.21 Å². The van der Waals surface area contributed by atoms with E-state index in [1.807, 2.05) is 6.92 Å². The highest BCUT2D eigenvalue weighted by Crippen LogP contribution is 2.21. The topological polar surface area (TPSA) is 80.9 Å². The van der Waals surface area contributed by atoms with E-state index in [1.54, 1.807) is 13.2 Å². The molecule has 7 heteroatoms. The van der Waals surface area contributed by atoms with Crippen LogP contribution in [0.15, 0.2) is 0 Å². The van der Waals surface area contributed by atoms with Crippen molar-refractivity contribution in [2.75, 3.05) is 23.1 Å². The summed E-state index contributed by atoms with van der Waals surface area (Å²) in [6, 6.07) is 0.131. The zero-order chi connectivity index (χ0) is 13.0. The average molecular weight is 277 g/mol. The van der Waals surface area contributed by atoms with Gasteiger partial charge in [0.2, 0.25) is 5.28 Å². The van der Waals surface area contributed by atoms with Gasteiger partial charge in [0.25, 0.3) is 0 Å². The molecular formula is C10H17ClN4OS. The van der Waals surface area contributed by atoms with Crippen LogP contribution in [0, 0.1) is 6.92 Å². The molecule has 1 rings (SSSR count). The molecule has 2 unspecified atom stereocenters. The van der Waals surface area contributed by atoms with Crippen LogP contribution in [-0.2, 0) is 10.8 Å². The van der Waals surface area contributed by atoms with Crippen LogP contribution in [0.5, 0.6) is 0 Å². The molecule has 0 radical (unpaired) electrons. The summed E-state index contributed by atoms with van der Waals surface area (Å²) in [5, 5.41) is 3.32. The van der Waals surface area contributed by atoms with E-state index < -0.39 is 10.8 Å². The van der Waals surface area contributed by atoms with E-state index in [4.69, 9.17) is 17.3 Å². The van der Waals surface area contributed by atoms with Crippen LogP contribution >= 0.6 is 11.6 Å². The zero-order valence-corrected chi connectivity index (χ0v) is 11.7. The maximum atomic E-state index is 11.0. The molecule has 0 aliphatic carbocycles. The van der Waals surface area contributed by atoms with Gasteiger partial charge in [0, 0.05) is 28.9 Å². The normalized spacial score (nSPS) is 14.4. The minimum absolute atomic E-state index is 0.131. The average Bonchev–Trinajstić information content (AvgIpc) is 2.22. The molecule has 17 heavy (non-hydrogen) atoms. The Labute approximate surface area is 109 Å². The largest absolute Gasteiger partial charge is 0.394 e. The SMILES string of the molecule is Cc1nc(Cl)nc(NC(C)CCS(C)=O)c1N. The van der Waals surface area contributed by atoms with Gasteiger partial charge in [-0.3, -0.25) is 4.21 Å². The standard InChI is InChI=1S/C10H17ClN4OS/c1-6(4-5-17(3)16)13-9-8(12)7(2)14-10(11)15-9/h6H,4-5,12H2,1-3H3,(H,13,14,15). The molecule has 1 aromatic rings. The molecule has 1 aromatic heterocycles. The molecule has 96 valence electrons. The Morgan fingerprint density at radius 1 is 1.53 bits per heavy atom. The lowest BCUT2D eigenvalue weighted by Gasteiger charge is -2.16. The smallest absolute Gasteiger partial charge is 0.224 e. The van der Waals surface area contributed by atoms with Crippen LogP contribution in [0.1, 0.15) is 19.0 Å². The van der Waals surface area contributed by atoms with Crippen molar-refractivity contribution in [3.05, 3.63) is 11.0 Å². The predicted molar refractivity (Wildman–Crippen MR) is 72.8 cm³/mol. The van der Waals surface area contributed by atoms with Gasteiger partial charge in [-0.2, -0.15) is 4.98 Å². The molecule has 5 nitrogen and oxygen atoms in total. The van der Waals surface area contributed by atoms with Crippen LogP contribution < -0.4 is 11.1 Å². The summed E-state index contributed by atoms with van der Waals surface area (Å²) in [7, 11) is -0.788. The lowest BCUT2D eigenvalue weighted by molar-refractivity contribution is 0.678. The van der Waals surface area contributed by atoms with Crippen molar-refractivity contribution in [1.29, 1.82) is 0 Å². The molecule has 0 spiro atoms. The van der Waals surface area contributed by atoms with Gasteiger partial charge in [-0.25, -0.2) is 4.98 Å². The summed E-state index contributed by atoms with van der Waals surface area (Å²) in [5.74, 6) is 1.18. The number of hydrogen-bond acceptors (Lipinski definition) is 5. The molecule has 0 fully saturated rings. The van der Waals surface area contributed by atoms with Crippen LogP contribution in [0.2, 0.25) is 5.28 Å². The maximum absolute atomic E-state index is 11.0. The first-order valence-electron chi connectivity index (χ1n) is 5.26. The van der Waals surface area contributed by atoms with E-state index >= 15 is 0 Å². The van der Waals surface area contributed by atoms with Gasteiger partial charge >= 0.3 is 0 Å². The monoisotopic (exact) mass is 276 g/mol. The van der Waals surface area contributed by atoms with Crippen molar-refractivity contribution < 1.29 is 4.21 Å². The van der Waals surface area contributed by atoms with Gasteiger partial charge in [-0.05, 0) is 31.9 Å². The number of nitrogen functional groups attached to an aromatic ring is 1. The van der Waals surface area contributed by atoms with Crippen molar-refractivity contribution in [3.8, 4) is 0 Å². The second-order valence-corrected chi connectivity index (χ2v) is 5.84. The number of nitrogens with zero attached hydrogens (tertiary/aromatic N) is 2. The van der Waals surface area contributed by atoms with Crippen molar-refractivity contribution in [2.45, 2.75) is 26.3 Å². The van der Waals surface area contributed by atoms with Gasteiger partial charge < -0.3 is 11.1 Å². The summed E-state index contributed by atoms with van der Waals surface area (Å²) in [6.07, 6.45) is 2.47. The number of aromatic nitrogens is 2. The van der Waals surface area contributed by atoms with Crippen molar-refractivity contribution in [3.63, 3.8) is 0 Å². The first kappa shape index (κ1) is 14.2. The van der Waals surface area contributed by atoms with E-state index in [2.05, 4.69) is 15.3 Å². The Bertz CT molecular complexity index is 427. The fourth-order valence-corrected chi connectivity index (χ4v) is 2.20. The first-order valence-corrected chi connectivity index (χ1v) is 7.37. The third kappa shape index (κ3) is 4.47. The van der Waals surface area contributed by atoms with E-state index in [0.717, 1.165) is 6.42 Å². The quantitative estimate of drug-likeness (QED) is 0.798. The molecule has 0 saturated carbocycles. The predicted octanol–water partition coefficient (Wildman–Crippen LogP) is 1.59. The fourth-order valence-electron chi connectivity index (χ4n) is 1.31. The van der Waals surface area contributed by atoms with E-state index in [-0.39, 0.29) is 11.3 Å². The molecule has 3 N–H and O–H groups in total. The summed E-state index contributed by atoms with van der Waals surface area (Å²) in [5.41, 5.74) is 7.00. The van der Waals surface area contributed by atoms with E-state index in [1.165, 1.54) is 0 Å².